The minimum absolute atomic E-state index is 0.0525. The quantitative estimate of drug-likeness (QED) is 0.248. The molecule has 0 amide bonds. The second kappa shape index (κ2) is 10.7. The van der Waals surface area contributed by atoms with Crippen molar-refractivity contribution in [3.05, 3.63) is 71.6 Å². The molecular formula is C22H24N2O6S2. The van der Waals surface area contributed by atoms with E-state index in [1.807, 2.05) is 25.1 Å². The van der Waals surface area contributed by atoms with Crippen molar-refractivity contribution in [3.8, 4) is 5.75 Å². The normalized spacial score (nSPS) is 11.5. The van der Waals surface area contributed by atoms with Crippen LogP contribution in [0.1, 0.15) is 21.8 Å². The summed E-state index contributed by atoms with van der Waals surface area (Å²) in [7, 11) is -0.545. The van der Waals surface area contributed by atoms with Crippen molar-refractivity contribution in [1.82, 2.24) is 9.46 Å². The summed E-state index contributed by atoms with van der Waals surface area (Å²) in [5.41, 5.74) is 1.27. The molecule has 32 heavy (non-hydrogen) atoms. The molecule has 0 aliphatic rings. The third-order valence-corrected chi connectivity index (χ3v) is 7.27. The average molecular weight is 477 g/mol. The van der Waals surface area contributed by atoms with Gasteiger partial charge < -0.3 is 14.0 Å². The number of carbonyl (C=O) groups excluding carboxylic acids is 1. The number of sulfonamides is 1. The van der Waals surface area contributed by atoms with Crippen LogP contribution in [0.2, 0.25) is 0 Å². The van der Waals surface area contributed by atoms with Gasteiger partial charge in [-0.1, -0.05) is 17.3 Å². The predicted molar refractivity (Wildman–Crippen MR) is 120 cm³/mol. The van der Waals surface area contributed by atoms with E-state index in [1.165, 1.54) is 38.0 Å². The fourth-order valence-electron chi connectivity index (χ4n) is 2.68. The molecule has 1 heterocycles. The first kappa shape index (κ1) is 23.8. The van der Waals surface area contributed by atoms with Crippen molar-refractivity contribution in [2.75, 3.05) is 27.3 Å². The highest BCUT2D eigenvalue weighted by atomic mass is 32.2. The molecular weight excluding hydrogens is 452 g/mol. The monoisotopic (exact) mass is 476 g/mol. The van der Waals surface area contributed by atoms with Crippen LogP contribution in [0.25, 0.3) is 0 Å². The van der Waals surface area contributed by atoms with Gasteiger partial charge in [0.1, 0.15) is 24.7 Å². The SMILES string of the molecule is Cc1cc(CSc2ccccc2C(=O)OCCOc2ccc(S(=O)(=O)N(C)C)cc2)on1. The second-order valence-corrected chi connectivity index (χ2v) is 10.1. The number of aryl methyl sites for hydroxylation is 1. The Balaban J connectivity index is 1.50. The first-order valence-electron chi connectivity index (χ1n) is 9.74. The van der Waals surface area contributed by atoms with Crippen LogP contribution in [0.15, 0.2) is 68.9 Å². The zero-order chi connectivity index (χ0) is 23.1. The van der Waals surface area contributed by atoms with E-state index in [1.54, 1.807) is 24.3 Å². The van der Waals surface area contributed by atoms with Crippen molar-refractivity contribution >= 4 is 27.8 Å². The third-order valence-electron chi connectivity index (χ3n) is 4.34. The standard InChI is InChI=1S/C22H24N2O6S2/c1-16-14-18(30-23-16)15-31-21-7-5-4-6-20(21)22(25)29-13-12-28-17-8-10-19(11-9-17)32(26,27)24(2)3/h4-11,14H,12-13,15H2,1-3H3. The maximum Gasteiger partial charge on any atom is 0.339 e. The van der Waals surface area contributed by atoms with E-state index in [2.05, 4.69) is 5.16 Å². The van der Waals surface area contributed by atoms with Crippen LogP contribution >= 0.6 is 11.8 Å². The van der Waals surface area contributed by atoms with E-state index in [0.717, 1.165) is 20.7 Å². The maximum absolute atomic E-state index is 12.5. The van der Waals surface area contributed by atoms with Gasteiger partial charge in [-0.15, -0.1) is 11.8 Å². The van der Waals surface area contributed by atoms with Gasteiger partial charge in [0.05, 0.1) is 21.9 Å². The highest BCUT2D eigenvalue weighted by Gasteiger charge is 2.17. The van der Waals surface area contributed by atoms with E-state index in [0.29, 0.717) is 17.1 Å². The summed E-state index contributed by atoms with van der Waals surface area (Å²) >= 11 is 1.46. The number of aromatic nitrogens is 1. The number of esters is 1. The lowest BCUT2D eigenvalue weighted by atomic mass is 10.2. The predicted octanol–water partition coefficient (Wildman–Crippen LogP) is 3.76. The minimum atomic E-state index is -3.49. The Morgan fingerprint density at radius 2 is 1.81 bits per heavy atom. The summed E-state index contributed by atoms with van der Waals surface area (Å²) in [5.74, 6) is 1.32. The molecule has 0 aliphatic heterocycles. The molecule has 0 radical (unpaired) electrons. The van der Waals surface area contributed by atoms with Gasteiger partial charge >= 0.3 is 5.97 Å². The van der Waals surface area contributed by atoms with Gasteiger partial charge in [0, 0.05) is 25.1 Å². The smallest absolute Gasteiger partial charge is 0.339 e. The Morgan fingerprint density at radius 1 is 1.09 bits per heavy atom. The number of ether oxygens (including phenoxy) is 2. The van der Waals surface area contributed by atoms with Crippen LogP contribution in [0, 0.1) is 6.92 Å². The highest BCUT2D eigenvalue weighted by Crippen LogP contribution is 2.27. The summed E-state index contributed by atoms with van der Waals surface area (Å²) in [6, 6.07) is 15.1. The maximum atomic E-state index is 12.5. The van der Waals surface area contributed by atoms with Gasteiger partial charge in [0.2, 0.25) is 10.0 Å². The Bertz CT molecular complexity index is 1160. The summed E-state index contributed by atoms with van der Waals surface area (Å²) in [6.07, 6.45) is 0. The number of hydrogen-bond donors (Lipinski definition) is 0. The number of carbonyl (C=O) groups is 1. The molecule has 0 N–H and O–H groups in total. The molecule has 0 atom stereocenters. The lowest BCUT2D eigenvalue weighted by Gasteiger charge is -2.12. The summed E-state index contributed by atoms with van der Waals surface area (Å²) in [5, 5.41) is 3.86. The van der Waals surface area contributed by atoms with Crippen molar-refractivity contribution in [2.45, 2.75) is 22.5 Å². The molecule has 170 valence electrons. The van der Waals surface area contributed by atoms with E-state index in [-0.39, 0.29) is 18.1 Å². The number of thioether (sulfide) groups is 1. The van der Waals surface area contributed by atoms with E-state index < -0.39 is 16.0 Å². The van der Waals surface area contributed by atoms with Crippen LogP contribution in [-0.2, 0) is 20.5 Å². The molecule has 0 aliphatic carbocycles. The van der Waals surface area contributed by atoms with Gasteiger partial charge in [-0.05, 0) is 43.3 Å². The number of nitrogens with zero attached hydrogens (tertiary/aromatic N) is 2. The molecule has 3 rings (SSSR count). The molecule has 0 unspecified atom stereocenters. The molecule has 2 aromatic carbocycles. The zero-order valence-corrected chi connectivity index (χ0v) is 19.6. The molecule has 10 heteroatoms. The number of benzene rings is 2. The molecule has 1 aromatic heterocycles. The van der Waals surface area contributed by atoms with Crippen molar-refractivity contribution in [1.29, 1.82) is 0 Å². The van der Waals surface area contributed by atoms with Crippen LogP contribution in [-0.4, -0.2) is 51.2 Å². The summed E-state index contributed by atoms with van der Waals surface area (Å²) in [4.78, 5) is 13.5. The average Bonchev–Trinajstić information content (AvgIpc) is 3.20. The topological polar surface area (TPSA) is 98.9 Å². The van der Waals surface area contributed by atoms with Crippen molar-refractivity contribution in [3.63, 3.8) is 0 Å². The van der Waals surface area contributed by atoms with E-state index in [4.69, 9.17) is 14.0 Å². The van der Waals surface area contributed by atoms with Crippen LogP contribution in [0.4, 0.5) is 0 Å². The third kappa shape index (κ3) is 6.12. The Hall–Kier alpha value is -2.82. The van der Waals surface area contributed by atoms with Gasteiger partial charge in [0.25, 0.3) is 0 Å². The first-order valence-corrected chi connectivity index (χ1v) is 12.2. The van der Waals surface area contributed by atoms with Crippen LogP contribution in [0.5, 0.6) is 5.75 Å². The second-order valence-electron chi connectivity index (χ2n) is 6.96. The Labute approximate surface area is 191 Å². The van der Waals surface area contributed by atoms with Gasteiger partial charge in [0.15, 0.2) is 0 Å². The molecule has 0 saturated carbocycles. The van der Waals surface area contributed by atoms with E-state index in [9.17, 15) is 13.2 Å². The Morgan fingerprint density at radius 3 is 2.47 bits per heavy atom. The van der Waals surface area contributed by atoms with Crippen LogP contribution in [0.3, 0.4) is 0 Å². The zero-order valence-electron chi connectivity index (χ0n) is 18.0. The fourth-order valence-corrected chi connectivity index (χ4v) is 4.50. The molecule has 3 aromatic rings. The molecule has 0 fully saturated rings. The van der Waals surface area contributed by atoms with Crippen LogP contribution < -0.4 is 4.74 Å². The molecule has 0 saturated heterocycles. The molecule has 0 bridgehead atoms. The summed E-state index contributed by atoms with van der Waals surface area (Å²) < 4.78 is 41.4. The van der Waals surface area contributed by atoms with Gasteiger partial charge in [-0.2, -0.15) is 0 Å². The molecule has 8 nitrogen and oxygen atoms in total. The minimum Gasteiger partial charge on any atom is -0.490 e. The first-order chi connectivity index (χ1) is 15.3. The number of rotatable bonds is 10. The van der Waals surface area contributed by atoms with Crippen molar-refractivity contribution in [2.24, 2.45) is 0 Å². The molecule has 0 spiro atoms. The Kier molecular flexibility index (Phi) is 7.94. The lowest BCUT2D eigenvalue weighted by molar-refractivity contribution is 0.0446. The highest BCUT2D eigenvalue weighted by molar-refractivity contribution is 7.98. The number of hydrogen-bond acceptors (Lipinski definition) is 8. The van der Waals surface area contributed by atoms with Gasteiger partial charge in [-0.3, -0.25) is 0 Å². The lowest BCUT2D eigenvalue weighted by Crippen LogP contribution is -2.22. The van der Waals surface area contributed by atoms with Gasteiger partial charge in [-0.25, -0.2) is 17.5 Å². The van der Waals surface area contributed by atoms with Crippen molar-refractivity contribution < 1.29 is 27.2 Å². The fraction of sp³-hybridized carbons (Fsp3) is 0.273. The largest absolute Gasteiger partial charge is 0.490 e. The van der Waals surface area contributed by atoms with E-state index >= 15 is 0 Å². The summed E-state index contributed by atoms with van der Waals surface area (Å²) in [6.45, 7) is 2.04.